The molecule has 1 rings (SSSR count). The van der Waals surface area contributed by atoms with Gasteiger partial charge in [-0.05, 0) is 20.8 Å². The van der Waals surface area contributed by atoms with Gasteiger partial charge in [0.2, 0.25) is 11.8 Å². The third kappa shape index (κ3) is 3.67. The molecule has 6 heteroatoms. The summed E-state index contributed by atoms with van der Waals surface area (Å²) in [6.45, 7) is 7.55. The van der Waals surface area contributed by atoms with Gasteiger partial charge in [0.1, 0.15) is 6.04 Å². The zero-order chi connectivity index (χ0) is 13.0. The maximum absolute atomic E-state index is 11.9. The minimum atomic E-state index is -0.406. The number of carbonyl (C=O) groups excluding carboxylic acids is 2. The summed E-state index contributed by atoms with van der Waals surface area (Å²) in [7, 11) is 0. The lowest BCUT2D eigenvalue weighted by Gasteiger charge is -2.37. The van der Waals surface area contributed by atoms with Crippen molar-refractivity contribution in [1.29, 1.82) is 0 Å². The van der Waals surface area contributed by atoms with Crippen LogP contribution in [0.3, 0.4) is 0 Å². The zero-order valence-electron chi connectivity index (χ0n) is 10.7. The maximum Gasteiger partial charge on any atom is 0.237 e. The number of nitrogens with two attached hydrogens (primary N) is 1. The lowest BCUT2D eigenvalue weighted by molar-refractivity contribution is -0.131. The van der Waals surface area contributed by atoms with Crippen LogP contribution < -0.4 is 16.4 Å². The van der Waals surface area contributed by atoms with E-state index in [0.29, 0.717) is 13.1 Å². The fourth-order valence-corrected chi connectivity index (χ4v) is 2.00. The van der Waals surface area contributed by atoms with Gasteiger partial charge in [0.15, 0.2) is 0 Å². The lowest BCUT2D eigenvalue weighted by Crippen LogP contribution is -2.62. The van der Waals surface area contributed by atoms with Crippen LogP contribution in [0.2, 0.25) is 0 Å². The second kappa shape index (κ2) is 5.97. The molecule has 17 heavy (non-hydrogen) atoms. The number of hydrogen-bond acceptors (Lipinski definition) is 4. The van der Waals surface area contributed by atoms with Gasteiger partial charge in [0.25, 0.3) is 0 Å². The number of amides is 2. The average molecular weight is 242 g/mol. The van der Waals surface area contributed by atoms with E-state index < -0.39 is 6.04 Å². The zero-order valence-corrected chi connectivity index (χ0v) is 10.7. The standard InChI is InChI=1S/C11H22N4O2/c1-7(2)14-11(17)8(3)15-5-4-13-6-9(15)10(12)16/h7-9,13H,4-6H2,1-3H3,(H2,12,16)(H,14,17). The van der Waals surface area contributed by atoms with Crippen molar-refractivity contribution in [1.82, 2.24) is 15.5 Å². The van der Waals surface area contributed by atoms with Gasteiger partial charge in [-0.15, -0.1) is 0 Å². The highest BCUT2D eigenvalue weighted by Crippen LogP contribution is 2.08. The summed E-state index contributed by atoms with van der Waals surface area (Å²) in [6.07, 6.45) is 0. The van der Waals surface area contributed by atoms with E-state index in [1.165, 1.54) is 0 Å². The Bertz CT molecular complexity index is 293. The summed E-state index contributed by atoms with van der Waals surface area (Å²) in [6, 6.07) is -0.645. The molecule has 2 atom stereocenters. The van der Waals surface area contributed by atoms with E-state index >= 15 is 0 Å². The molecule has 1 fully saturated rings. The van der Waals surface area contributed by atoms with Gasteiger partial charge in [-0.3, -0.25) is 14.5 Å². The van der Waals surface area contributed by atoms with Crippen LogP contribution in [0.4, 0.5) is 0 Å². The van der Waals surface area contributed by atoms with E-state index in [0.717, 1.165) is 6.54 Å². The molecule has 0 saturated carbocycles. The lowest BCUT2D eigenvalue weighted by atomic mass is 10.1. The predicted molar refractivity (Wildman–Crippen MR) is 65.3 cm³/mol. The molecule has 1 aliphatic rings. The van der Waals surface area contributed by atoms with Crippen molar-refractivity contribution in [3.63, 3.8) is 0 Å². The first-order valence-electron chi connectivity index (χ1n) is 5.99. The molecular formula is C11H22N4O2. The van der Waals surface area contributed by atoms with Gasteiger partial charge in [-0.2, -0.15) is 0 Å². The monoisotopic (exact) mass is 242 g/mol. The van der Waals surface area contributed by atoms with Gasteiger partial charge < -0.3 is 16.4 Å². The second-order valence-electron chi connectivity index (χ2n) is 4.70. The fraction of sp³-hybridized carbons (Fsp3) is 0.818. The Hall–Kier alpha value is -1.14. The number of nitrogens with zero attached hydrogens (tertiary/aromatic N) is 1. The van der Waals surface area contributed by atoms with Gasteiger partial charge in [0, 0.05) is 25.7 Å². The van der Waals surface area contributed by atoms with E-state index in [-0.39, 0.29) is 23.9 Å². The number of piperazine rings is 1. The molecule has 1 saturated heterocycles. The molecule has 0 spiro atoms. The van der Waals surface area contributed by atoms with Crippen LogP contribution in [0.1, 0.15) is 20.8 Å². The Kier molecular flexibility index (Phi) is 4.89. The van der Waals surface area contributed by atoms with E-state index in [2.05, 4.69) is 10.6 Å². The minimum absolute atomic E-state index is 0.0619. The van der Waals surface area contributed by atoms with Crippen molar-refractivity contribution >= 4 is 11.8 Å². The van der Waals surface area contributed by atoms with Crippen molar-refractivity contribution in [2.24, 2.45) is 5.73 Å². The molecule has 0 bridgehead atoms. The van der Waals surface area contributed by atoms with E-state index in [9.17, 15) is 9.59 Å². The van der Waals surface area contributed by atoms with E-state index in [1.54, 1.807) is 6.92 Å². The number of rotatable bonds is 4. The number of primary amides is 1. The van der Waals surface area contributed by atoms with Crippen LogP contribution in [-0.2, 0) is 9.59 Å². The molecule has 2 unspecified atom stereocenters. The summed E-state index contributed by atoms with van der Waals surface area (Å²) in [4.78, 5) is 25.1. The van der Waals surface area contributed by atoms with E-state index in [1.807, 2.05) is 18.7 Å². The van der Waals surface area contributed by atoms with Crippen LogP contribution in [0, 0.1) is 0 Å². The molecule has 1 aliphatic heterocycles. The van der Waals surface area contributed by atoms with Crippen LogP contribution in [0.5, 0.6) is 0 Å². The van der Waals surface area contributed by atoms with Crippen LogP contribution in [-0.4, -0.2) is 54.5 Å². The van der Waals surface area contributed by atoms with E-state index in [4.69, 9.17) is 5.73 Å². The summed E-state index contributed by atoms with van der Waals surface area (Å²) in [5.74, 6) is -0.449. The molecule has 0 aromatic heterocycles. The predicted octanol–water partition coefficient (Wildman–Crippen LogP) is -1.34. The number of nitrogens with one attached hydrogen (secondary N) is 2. The normalized spacial score (nSPS) is 23.4. The van der Waals surface area contributed by atoms with Crippen molar-refractivity contribution in [2.45, 2.75) is 38.9 Å². The first-order valence-corrected chi connectivity index (χ1v) is 5.99. The molecular weight excluding hydrogens is 220 g/mol. The van der Waals surface area contributed by atoms with Crippen LogP contribution in [0.25, 0.3) is 0 Å². The highest BCUT2D eigenvalue weighted by Gasteiger charge is 2.33. The van der Waals surface area contributed by atoms with Crippen molar-refractivity contribution in [2.75, 3.05) is 19.6 Å². The molecule has 1 heterocycles. The van der Waals surface area contributed by atoms with Crippen molar-refractivity contribution < 1.29 is 9.59 Å². The van der Waals surface area contributed by atoms with Crippen molar-refractivity contribution in [3.8, 4) is 0 Å². The highest BCUT2D eigenvalue weighted by atomic mass is 16.2. The quantitative estimate of drug-likeness (QED) is 0.569. The number of carbonyl (C=O) groups is 2. The highest BCUT2D eigenvalue weighted by molar-refractivity contribution is 5.84. The Morgan fingerprint density at radius 3 is 2.59 bits per heavy atom. The summed E-state index contributed by atoms with van der Waals surface area (Å²) in [5, 5.41) is 5.95. The minimum Gasteiger partial charge on any atom is -0.368 e. The summed E-state index contributed by atoms with van der Waals surface area (Å²) in [5.41, 5.74) is 5.34. The van der Waals surface area contributed by atoms with Gasteiger partial charge in [-0.25, -0.2) is 0 Å². The Balaban J connectivity index is 2.67. The second-order valence-corrected chi connectivity index (χ2v) is 4.70. The van der Waals surface area contributed by atoms with Gasteiger partial charge in [0.05, 0.1) is 6.04 Å². The molecule has 4 N–H and O–H groups in total. The summed E-state index contributed by atoms with van der Waals surface area (Å²) < 4.78 is 0. The van der Waals surface area contributed by atoms with Crippen molar-refractivity contribution in [3.05, 3.63) is 0 Å². The maximum atomic E-state index is 11.9. The first kappa shape index (κ1) is 13.9. The van der Waals surface area contributed by atoms with Crippen LogP contribution >= 0.6 is 0 Å². The topological polar surface area (TPSA) is 87.5 Å². The average Bonchev–Trinajstić information content (AvgIpc) is 2.27. The Morgan fingerprint density at radius 2 is 2.06 bits per heavy atom. The van der Waals surface area contributed by atoms with Gasteiger partial charge >= 0.3 is 0 Å². The first-order chi connectivity index (χ1) is 7.93. The molecule has 0 aromatic carbocycles. The van der Waals surface area contributed by atoms with Gasteiger partial charge in [-0.1, -0.05) is 0 Å². The molecule has 98 valence electrons. The largest absolute Gasteiger partial charge is 0.368 e. The molecule has 0 aliphatic carbocycles. The smallest absolute Gasteiger partial charge is 0.237 e. The third-order valence-electron chi connectivity index (χ3n) is 2.92. The Morgan fingerprint density at radius 1 is 1.41 bits per heavy atom. The molecule has 0 radical (unpaired) electrons. The molecule has 6 nitrogen and oxygen atoms in total. The van der Waals surface area contributed by atoms with Crippen LogP contribution in [0.15, 0.2) is 0 Å². The summed E-state index contributed by atoms with van der Waals surface area (Å²) >= 11 is 0. The third-order valence-corrected chi connectivity index (χ3v) is 2.92. The Labute approximate surface area is 102 Å². The molecule has 0 aromatic rings. The fourth-order valence-electron chi connectivity index (χ4n) is 2.00. The molecule has 2 amide bonds. The number of hydrogen-bond donors (Lipinski definition) is 3. The SMILES string of the molecule is CC(C)NC(=O)C(C)N1CCNCC1C(N)=O.